The van der Waals surface area contributed by atoms with E-state index in [0.717, 1.165) is 31.8 Å². The Hall–Kier alpha value is -4.59. The summed E-state index contributed by atoms with van der Waals surface area (Å²) in [4.78, 5) is 37.3. The molecule has 3 rings (SSSR count). The van der Waals surface area contributed by atoms with Gasteiger partial charge in [0, 0.05) is 17.2 Å². The van der Waals surface area contributed by atoms with E-state index in [1.54, 1.807) is 60.7 Å². The average Bonchev–Trinajstić information content (AvgIpc) is 3.17. The molecule has 0 radical (unpaired) electrons. The van der Waals surface area contributed by atoms with Crippen molar-refractivity contribution < 1.29 is 38.4 Å². The summed E-state index contributed by atoms with van der Waals surface area (Å²) in [6.07, 6.45) is 11.4. The number of phenols is 1. The zero-order valence-corrected chi connectivity index (χ0v) is 28.7. The summed E-state index contributed by atoms with van der Waals surface area (Å²) in [5.41, 5.74) is 1.28. The second-order valence-corrected chi connectivity index (χ2v) is 13.7. The summed E-state index contributed by atoms with van der Waals surface area (Å²) in [6.45, 7) is 18.1. The lowest BCUT2D eigenvalue weighted by Crippen LogP contribution is -2.19. The van der Waals surface area contributed by atoms with Gasteiger partial charge in [-0.3, -0.25) is 0 Å². The lowest BCUT2D eigenvalue weighted by Gasteiger charge is -2.28. The number of carbonyl (C=O) groups is 3. The van der Waals surface area contributed by atoms with Crippen LogP contribution < -0.4 is 4.74 Å². The maximum absolute atomic E-state index is 13.3. The molecule has 0 spiro atoms. The molecule has 1 aliphatic rings. The van der Waals surface area contributed by atoms with Gasteiger partial charge in [-0.05, 0) is 103 Å². The molecular weight excluding hydrogens is 596 g/mol. The zero-order valence-electron chi connectivity index (χ0n) is 28.7. The van der Waals surface area contributed by atoms with Crippen molar-refractivity contribution in [3.63, 3.8) is 0 Å². The fraction of sp³-hybridized carbons (Fsp3) is 0.410. The van der Waals surface area contributed by atoms with Gasteiger partial charge in [0.15, 0.2) is 0 Å². The summed E-state index contributed by atoms with van der Waals surface area (Å²) in [7, 11) is 0. The molecule has 0 saturated carbocycles. The highest BCUT2D eigenvalue weighted by Gasteiger charge is 2.28. The highest BCUT2D eigenvalue weighted by Crippen LogP contribution is 2.40. The number of hydrogen-bond acceptors (Lipinski definition) is 8. The van der Waals surface area contributed by atoms with Gasteiger partial charge >= 0.3 is 17.9 Å². The Morgan fingerprint density at radius 1 is 0.766 bits per heavy atom. The fourth-order valence-corrected chi connectivity index (χ4v) is 4.87. The van der Waals surface area contributed by atoms with E-state index in [2.05, 4.69) is 6.58 Å². The minimum atomic E-state index is -0.543. The molecule has 1 aliphatic carbocycles. The van der Waals surface area contributed by atoms with E-state index in [4.69, 9.17) is 18.9 Å². The van der Waals surface area contributed by atoms with E-state index in [-0.39, 0.29) is 22.5 Å². The van der Waals surface area contributed by atoms with Crippen molar-refractivity contribution in [1.29, 1.82) is 0 Å². The number of rotatable bonds is 13. The number of unbranched alkanes of at least 4 members (excludes halogenated alkanes) is 3. The second kappa shape index (κ2) is 16.3. The molecule has 252 valence electrons. The maximum atomic E-state index is 13.3. The summed E-state index contributed by atoms with van der Waals surface area (Å²) in [5.74, 6) is -0.163. The van der Waals surface area contributed by atoms with Gasteiger partial charge in [0.1, 0.15) is 23.0 Å². The van der Waals surface area contributed by atoms with E-state index in [0.29, 0.717) is 52.7 Å². The second-order valence-electron chi connectivity index (χ2n) is 13.7. The number of phenolic OH excluding ortho intramolecular Hbond substituents is 1. The lowest BCUT2D eigenvalue weighted by molar-refractivity contribution is -0.137. The standard InChI is InChI=1S/C39H48O8/c1-9-34(40)45-21-13-11-10-12-20-44-29-16-14-27(15-17-29)36(42)46-30-18-19-31(23-26(2)22-30)47-37(43)28-24-32(38(3,4)5)35(41)33(25-28)39(6,7)8/h9,14-19,22-26,41H,1,10-13,20-21H2,2-8H3. The van der Waals surface area contributed by atoms with Crippen molar-refractivity contribution in [2.24, 2.45) is 5.92 Å². The van der Waals surface area contributed by atoms with Crippen LogP contribution in [0.25, 0.3) is 0 Å². The largest absolute Gasteiger partial charge is 0.507 e. The van der Waals surface area contributed by atoms with Crippen LogP contribution in [0.4, 0.5) is 0 Å². The molecule has 2 aromatic carbocycles. The molecule has 0 bridgehead atoms. The molecule has 47 heavy (non-hydrogen) atoms. The molecule has 0 fully saturated rings. The van der Waals surface area contributed by atoms with Crippen molar-refractivity contribution in [2.45, 2.75) is 85.0 Å². The molecule has 1 atom stereocenters. The highest BCUT2D eigenvalue weighted by atomic mass is 16.5. The Kier molecular flexibility index (Phi) is 12.8. The number of hydrogen-bond donors (Lipinski definition) is 1. The first kappa shape index (κ1) is 36.9. The molecule has 0 saturated heterocycles. The topological polar surface area (TPSA) is 108 Å². The summed E-state index contributed by atoms with van der Waals surface area (Å²) in [6, 6.07) is 10.1. The van der Waals surface area contributed by atoms with Gasteiger partial charge in [0.2, 0.25) is 0 Å². The number of aromatic hydroxyl groups is 1. The van der Waals surface area contributed by atoms with Crippen LogP contribution in [0.15, 0.2) is 84.9 Å². The predicted molar refractivity (Wildman–Crippen MR) is 182 cm³/mol. The van der Waals surface area contributed by atoms with E-state index in [1.807, 2.05) is 48.5 Å². The SMILES string of the molecule is C=CC(=O)OCCCCCCOc1ccc(C(=O)OC2=CC(C)C=C(OC(=O)c3cc(C(C)(C)C)c(O)c(C(C)(C)C)c3)C=C2)cc1. The minimum absolute atomic E-state index is 0.190. The van der Waals surface area contributed by atoms with E-state index < -0.39 is 17.9 Å². The van der Waals surface area contributed by atoms with Crippen LogP contribution in [-0.4, -0.2) is 36.2 Å². The van der Waals surface area contributed by atoms with Crippen molar-refractivity contribution in [3.05, 3.63) is 107 Å². The van der Waals surface area contributed by atoms with E-state index in [1.165, 1.54) is 0 Å². The smallest absolute Gasteiger partial charge is 0.343 e. The lowest BCUT2D eigenvalue weighted by atomic mass is 9.78. The van der Waals surface area contributed by atoms with Crippen LogP contribution in [0.2, 0.25) is 0 Å². The van der Waals surface area contributed by atoms with Crippen molar-refractivity contribution in [2.75, 3.05) is 13.2 Å². The van der Waals surface area contributed by atoms with E-state index in [9.17, 15) is 19.5 Å². The Morgan fingerprint density at radius 3 is 1.74 bits per heavy atom. The van der Waals surface area contributed by atoms with Gasteiger partial charge in [0.05, 0.1) is 24.3 Å². The first-order valence-corrected chi connectivity index (χ1v) is 16.0. The third-order valence-electron chi connectivity index (χ3n) is 7.46. The molecule has 1 N–H and O–H groups in total. The Morgan fingerprint density at radius 2 is 1.26 bits per heavy atom. The first-order valence-electron chi connectivity index (χ1n) is 16.0. The monoisotopic (exact) mass is 644 g/mol. The molecule has 0 heterocycles. The fourth-order valence-electron chi connectivity index (χ4n) is 4.87. The normalized spacial score (nSPS) is 14.7. The van der Waals surface area contributed by atoms with Crippen molar-refractivity contribution in [3.8, 4) is 11.5 Å². The molecule has 0 aromatic heterocycles. The number of carbonyl (C=O) groups excluding carboxylic acids is 3. The number of ether oxygens (including phenoxy) is 4. The quantitative estimate of drug-likeness (QED) is 0.0999. The van der Waals surface area contributed by atoms with Gasteiger partial charge in [-0.25, -0.2) is 14.4 Å². The van der Waals surface area contributed by atoms with Crippen LogP contribution >= 0.6 is 0 Å². The molecule has 8 heteroatoms. The summed E-state index contributed by atoms with van der Waals surface area (Å²) in [5, 5.41) is 11.0. The Labute approximate surface area is 278 Å². The summed E-state index contributed by atoms with van der Waals surface area (Å²) < 4.78 is 22.2. The van der Waals surface area contributed by atoms with Gasteiger partial charge in [-0.2, -0.15) is 0 Å². The Balaban J connectivity index is 1.55. The van der Waals surface area contributed by atoms with Gasteiger partial charge in [0.25, 0.3) is 0 Å². The van der Waals surface area contributed by atoms with Crippen LogP contribution in [0, 0.1) is 5.92 Å². The van der Waals surface area contributed by atoms with Crippen molar-refractivity contribution in [1.82, 2.24) is 0 Å². The predicted octanol–water partition coefficient (Wildman–Crippen LogP) is 8.64. The molecule has 1 unspecified atom stereocenters. The van der Waals surface area contributed by atoms with E-state index >= 15 is 0 Å². The van der Waals surface area contributed by atoms with Crippen LogP contribution in [-0.2, 0) is 29.8 Å². The summed E-state index contributed by atoms with van der Waals surface area (Å²) >= 11 is 0. The van der Waals surface area contributed by atoms with Crippen LogP contribution in [0.5, 0.6) is 11.5 Å². The van der Waals surface area contributed by atoms with Gasteiger partial charge < -0.3 is 24.1 Å². The molecule has 8 nitrogen and oxygen atoms in total. The molecule has 0 aliphatic heterocycles. The average molecular weight is 645 g/mol. The number of esters is 3. The molecular formula is C39H48O8. The van der Waals surface area contributed by atoms with Gasteiger partial charge in [-0.15, -0.1) is 0 Å². The highest BCUT2D eigenvalue weighted by molar-refractivity contribution is 5.92. The van der Waals surface area contributed by atoms with Gasteiger partial charge in [-0.1, -0.05) is 55.0 Å². The first-order chi connectivity index (χ1) is 22.1. The van der Waals surface area contributed by atoms with Crippen LogP contribution in [0.3, 0.4) is 0 Å². The molecule has 0 amide bonds. The zero-order chi connectivity index (χ0) is 34.8. The maximum Gasteiger partial charge on any atom is 0.343 e. The van der Waals surface area contributed by atoms with Crippen molar-refractivity contribution >= 4 is 17.9 Å². The van der Waals surface area contributed by atoms with Crippen LogP contribution in [0.1, 0.15) is 106 Å². The third kappa shape index (κ3) is 11.3. The number of benzene rings is 2. The number of allylic oxidation sites excluding steroid dienone is 4. The minimum Gasteiger partial charge on any atom is -0.507 e. The molecule has 2 aromatic rings. The third-order valence-corrected chi connectivity index (χ3v) is 7.46. The Bertz CT molecular complexity index is 1490.